The third-order valence-electron chi connectivity index (χ3n) is 4.47. The van der Waals surface area contributed by atoms with Crippen molar-refractivity contribution in [2.24, 2.45) is 11.3 Å². The molecule has 80 valence electrons. The molecule has 3 rings (SSSR count). The first-order chi connectivity index (χ1) is 6.81. The minimum Gasteiger partial charge on any atom is -0.384 e. The zero-order valence-electron chi connectivity index (χ0n) is 9.17. The normalized spacial score (nSPS) is 39.2. The zero-order chi connectivity index (χ0) is 9.60. The Hall–Kier alpha value is -0.0800. The number of fused-ring (bicyclic) bond motifs is 2. The standard InChI is InChI=1S/C12H21NO/c1-14-9-12(4-5-12)8-13-7-10-2-3-11(13)6-10/h10-11H,2-9H2,1H3. The van der Waals surface area contributed by atoms with Crippen LogP contribution >= 0.6 is 0 Å². The quantitative estimate of drug-likeness (QED) is 0.679. The lowest BCUT2D eigenvalue weighted by Gasteiger charge is -2.30. The van der Waals surface area contributed by atoms with E-state index in [1.54, 1.807) is 0 Å². The van der Waals surface area contributed by atoms with Gasteiger partial charge >= 0.3 is 0 Å². The summed E-state index contributed by atoms with van der Waals surface area (Å²) in [6, 6.07) is 0.939. The van der Waals surface area contributed by atoms with E-state index in [4.69, 9.17) is 4.74 Å². The molecule has 1 saturated heterocycles. The van der Waals surface area contributed by atoms with Crippen LogP contribution in [0.4, 0.5) is 0 Å². The summed E-state index contributed by atoms with van der Waals surface area (Å²) in [7, 11) is 1.84. The number of hydrogen-bond donors (Lipinski definition) is 0. The van der Waals surface area contributed by atoms with E-state index in [2.05, 4.69) is 4.90 Å². The summed E-state index contributed by atoms with van der Waals surface area (Å²) in [5.74, 6) is 1.04. The van der Waals surface area contributed by atoms with Gasteiger partial charge in [-0.25, -0.2) is 0 Å². The molecule has 14 heavy (non-hydrogen) atoms. The average molecular weight is 195 g/mol. The maximum Gasteiger partial charge on any atom is 0.0530 e. The predicted octanol–water partition coefficient (Wildman–Crippen LogP) is 1.90. The summed E-state index contributed by atoms with van der Waals surface area (Å²) in [6.45, 7) is 3.69. The van der Waals surface area contributed by atoms with Crippen molar-refractivity contribution in [1.29, 1.82) is 0 Å². The van der Waals surface area contributed by atoms with Gasteiger partial charge in [-0.15, -0.1) is 0 Å². The number of methoxy groups -OCH3 is 1. The molecule has 3 aliphatic rings. The fourth-order valence-electron chi connectivity index (χ4n) is 3.48. The maximum absolute atomic E-state index is 5.33. The topological polar surface area (TPSA) is 12.5 Å². The number of hydrogen-bond acceptors (Lipinski definition) is 2. The fourth-order valence-corrected chi connectivity index (χ4v) is 3.48. The second-order valence-electron chi connectivity index (χ2n) is 5.70. The Morgan fingerprint density at radius 2 is 2.21 bits per heavy atom. The summed E-state index contributed by atoms with van der Waals surface area (Å²) in [6.07, 6.45) is 7.25. The molecule has 0 N–H and O–H groups in total. The molecule has 2 atom stereocenters. The van der Waals surface area contributed by atoms with E-state index >= 15 is 0 Å². The summed E-state index contributed by atoms with van der Waals surface area (Å²) in [4.78, 5) is 2.75. The van der Waals surface area contributed by atoms with Gasteiger partial charge in [0.25, 0.3) is 0 Å². The van der Waals surface area contributed by atoms with Crippen LogP contribution in [0.1, 0.15) is 32.1 Å². The molecule has 0 radical (unpaired) electrons. The van der Waals surface area contributed by atoms with E-state index in [1.165, 1.54) is 45.2 Å². The van der Waals surface area contributed by atoms with E-state index in [1.807, 2.05) is 7.11 Å². The van der Waals surface area contributed by atoms with Crippen molar-refractivity contribution in [3.05, 3.63) is 0 Å². The van der Waals surface area contributed by atoms with Crippen LogP contribution < -0.4 is 0 Å². The number of rotatable bonds is 4. The van der Waals surface area contributed by atoms with E-state index in [0.717, 1.165) is 18.6 Å². The Kier molecular flexibility index (Phi) is 2.10. The van der Waals surface area contributed by atoms with E-state index in [9.17, 15) is 0 Å². The van der Waals surface area contributed by atoms with Crippen molar-refractivity contribution in [3.63, 3.8) is 0 Å². The average Bonchev–Trinajstić information content (AvgIpc) is 2.63. The van der Waals surface area contributed by atoms with Crippen molar-refractivity contribution < 1.29 is 4.74 Å². The summed E-state index contributed by atoms with van der Waals surface area (Å²) >= 11 is 0. The molecule has 0 aromatic heterocycles. The molecule has 2 unspecified atom stereocenters. The van der Waals surface area contributed by atoms with Crippen molar-refractivity contribution >= 4 is 0 Å². The molecule has 1 aliphatic heterocycles. The highest BCUT2D eigenvalue weighted by atomic mass is 16.5. The van der Waals surface area contributed by atoms with Crippen LogP contribution in [0, 0.1) is 11.3 Å². The molecular formula is C12H21NO. The Labute approximate surface area is 86.6 Å². The lowest BCUT2D eigenvalue weighted by atomic mass is 10.1. The first kappa shape index (κ1) is 9.17. The molecule has 0 amide bonds. The Bertz CT molecular complexity index is 224. The molecule has 2 saturated carbocycles. The predicted molar refractivity (Wildman–Crippen MR) is 56.2 cm³/mol. The molecule has 2 heteroatoms. The Morgan fingerprint density at radius 3 is 2.71 bits per heavy atom. The van der Waals surface area contributed by atoms with E-state index in [-0.39, 0.29) is 0 Å². The van der Waals surface area contributed by atoms with Crippen molar-refractivity contribution in [2.75, 3.05) is 26.8 Å². The largest absolute Gasteiger partial charge is 0.384 e. The van der Waals surface area contributed by atoms with Crippen LogP contribution in [0.3, 0.4) is 0 Å². The van der Waals surface area contributed by atoms with Crippen LogP contribution in [0.25, 0.3) is 0 Å². The molecule has 1 heterocycles. The summed E-state index contributed by atoms with van der Waals surface area (Å²) < 4.78 is 5.33. The first-order valence-electron chi connectivity index (χ1n) is 6.04. The maximum atomic E-state index is 5.33. The summed E-state index contributed by atoms with van der Waals surface area (Å²) in [5, 5.41) is 0. The van der Waals surface area contributed by atoms with Crippen LogP contribution in [0.15, 0.2) is 0 Å². The van der Waals surface area contributed by atoms with Gasteiger partial charge in [-0.1, -0.05) is 0 Å². The van der Waals surface area contributed by atoms with Gasteiger partial charge in [-0.3, -0.25) is 4.90 Å². The van der Waals surface area contributed by atoms with Crippen LogP contribution in [-0.4, -0.2) is 37.7 Å². The van der Waals surface area contributed by atoms with Gasteiger partial charge in [0, 0.05) is 31.7 Å². The smallest absolute Gasteiger partial charge is 0.0530 e. The molecule has 2 bridgehead atoms. The van der Waals surface area contributed by atoms with Gasteiger partial charge < -0.3 is 4.74 Å². The molecule has 0 spiro atoms. The van der Waals surface area contributed by atoms with Crippen molar-refractivity contribution in [3.8, 4) is 0 Å². The van der Waals surface area contributed by atoms with Gasteiger partial charge in [0.15, 0.2) is 0 Å². The zero-order valence-corrected chi connectivity index (χ0v) is 9.17. The number of nitrogens with zero attached hydrogens (tertiary/aromatic N) is 1. The lowest BCUT2D eigenvalue weighted by Crippen LogP contribution is -2.38. The first-order valence-corrected chi connectivity index (χ1v) is 6.04. The lowest BCUT2D eigenvalue weighted by molar-refractivity contribution is 0.0950. The van der Waals surface area contributed by atoms with Crippen LogP contribution in [0.2, 0.25) is 0 Å². The third kappa shape index (κ3) is 1.49. The molecule has 2 aliphatic carbocycles. The van der Waals surface area contributed by atoms with Gasteiger partial charge in [-0.2, -0.15) is 0 Å². The van der Waals surface area contributed by atoms with Crippen molar-refractivity contribution in [2.45, 2.75) is 38.1 Å². The highest BCUT2D eigenvalue weighted by Gasteiger charge is 2.48. The molecule has 2 nitrogen and oxygen atoms in total. The Morgan fingerprint density at radius 1 is 1.36 bits per heavy atom. The molecule has 0 aromatic carbocycles. The van der Waals surface area contributed by atoms with E-state index in [0.29, 0.717) is 5.41 Å². The minimum absolute atomic E-state index is 0.569. The minimum atomic E-state index is 0.569. The van der Waals surface area contributed by atoms with Gasteiger partial charge in [0.2, 0.25) is 0 Å². The number of ether oxygens (including phenoxy) is 1. The van der Waals surface area contributed by atoms with Gasteiger partial charge in [-0.05, 0) is 38.0 Å². The monoisotopic (exact) mass is 195 g/mol. The van der Waals surface area contributed by atoms with Crippen LogP contribution in [0.5, 0.6) is 0 Å². The van der Waals surface area contributed by atoms with Crippen molar-refractivity contribution in [1.82, 2.24) is 4.90 Å². The second-order valence-corrected chi connectivity index (χ2v) is 5.70. The Balaban J connectivity index is 1.58. The number of piperidine rings is 1. The fraction of sp³-hybridized carbons (Fsp3) is 1.00. The SMILES string of the molecule is COCC1(CN2CC3CCC2C3)CC1. The third-order valence-corrected chi connectivity index (χ3v) is 4.47. The summed E-state index contributed by atoms with van der Waals surface area (Å²) in [5.41, 5.74) is 0.569. The van der Waals surface area contributed by atoms with Gasteiger partial charge in [0.1, 0.15) is 0 Å². The molecule has 0 aromatic rings. The highest BCUT2D eigenvalue weighted by Crippen LogP contribution is 2.49. The molecular weight excluding hydrogens is 174 g/mol. The highest BCUT2D eigenvalue weighted by molar-refractivity contribution is 5.00. The van der Waals surface area contributed by atoms with E-state index < -0.39 is 0 Å². The number of likely N-dealkylation sites (tertiary alicyclic amines) is 1. The van der Waals surface area contributed by atoms with Crippen LogP contribution in [-0.2, 0) is 4.74 Å². The molecule has 3 fully saturated rings. The van der Waals surface area contributed by atoms with Gasteiger partial charge in [0.05, 0.1) is 6.61 Å². The second kappa shape index (κ2) is 3.21.